The second-order valence-electron chi connectivity index (χ2n) is 6.10. The summed E-state index contributed by atoms with van der Waals surface area (Å²) in [6, 6.07) is 10.4. The molecular weight excluding hydrogens is 312 g/mol. The van der Waals surface area contributed by atoms with Gasteiger partial charge in [0.1, 0.15) is 0 Å². The van der Waals surface area contributed by atoms with Gasteiger partial charge in [0.05, 0.1) is 19.2 Å². The van der Waals surface area contributed by atoms with E-state index in [4.69, 9.17) is 4.74 Å². The van der Waals surface area contributed by atoms with E-state index in [1.165, 1.54) is 24.8 Å². The van der Waals surface area contributed by atoms with Crippen LogP contribution in [-0.2, 0) is 9.53 Å². The molecule has 5 heteroatoms. The highest BCUT2D eigenvalue weighted by Gasteiger charge is 2.27. The van der Waals surface area contributed by atoms with E-state index >= 15 is 0 Å². The average Bonchev–Trinajstić information content (AvgIpc) is 2.51. The van der Waals surface area contributed by atoms with Crippen molar-refractivity contribution in [1.29, 1.82) is 0 Å². The van der Waals surface area contributed by atoms with Crippen LogP contribution in [0, 0.1) is 5.92 Å². The summed E-state index contributed by atoms with van der Waals surface area (Å²) >= 11 is 0. The summed E-state index contributed by atoms with van der Waals surface area (Å²) < 4.78 is 5.00. The zero-order valence-corrected chi connectivity index (χ0v) is 15.0. The van der Waals surface area contributed by atoms with Gasteiger partial charge in [0.15, 0.2) is 0 Å². The van der Waals surface area contributed by atoms with Gasteiger partial charge in [-0.15, -0.1) is 12.4 Å². The fourth-order valence-corrected chi connectivity index (χ4v) is 2.81. The third-order valence-electron chi connectivity index (χ3n) is 4.51. The number of nitrogens with zero attached hydrogens (tertiary/aromatic N) is 1. The molecule has 0 radical (unpaired) electrons. The summed E-state index contributed by atoms with van der Waals surface area (Å²) in [4.78, 5) is 14.7. The smallest absolute Gasteiger partial charge is 0.237 e. The normalized spacial score (nSPS) is 15.4. The van der Waals surface area contributed by atoms with Crippen LogP contribution >= 0.6 is 12.4 Å². The van der Waals surface area contributed by atoms with Gasteiger partial charge in [0.25, 0.3) is 0 Å². The quantitative estimate of drug-likeness (QED) is 0.702. The first kappa shape index (κ1) is 19.9. The Kier molecular flexibility index (Phi) is 9.22. The van der Waals surface area contributed by atoms with E-state index in [9.17, 15) is 4.79 Å². The van der Waals surface area contributed by atoms with E-state index in [1.54, 1.807) is 7.11 Å². The van der Waals surface area contributed by atoms with E-state index < -0.39 is 0 Å². The summed E-state index contributed by atoms with van der Waals surface area (Å²) in [6.07, 6.45) is 3.81. The van der Waals surface area contributed by atoms with E-state index in [0.29, 0.717) is 25.6 Å². The highest BCUT2D eigenvalue weighted by atomic mass is 35.5. The van der Waals surface area contributed by atoms with Crippen LogP contribution in [0.2, 0.25) is 0 Å². The van der Waals surface area contributed by atoms with Crippen LogP contribution in [0.3, 0.4) is 0 Å². The second kappa shape index (κ2) is 10.6. The number of amides is 1. The topological polar surface area (TPSA) is 41.6 Å². The standard InChI is InChI=1S/C18H28N2O2.ClH/c1-15(17-9-4-3-5-10-17)20(14-16-7-6-8-16)18(21)13-19-11-12-22-2;/h3-5,9-10,15-16,19H,6-8,11-14H2,1-2H3;1H. The molecule has 0 spiro atoms. The first-order valence-electron chi connectivity index (χ1n) is 8.26. The van der Waals surface area contributed by atoms with E-state index in [2.05, 4.69) is 24.4 Å². The first-order chi connectivity index (χ1) is 10.7. The summed E-state index contributed by atoms with van der Waals surface area (Å²) in [5.74, 6) is 0.855. The summed E-state index contributed by atoms with van der Waals surface area (Å²) in [5, 5.41) is 3.17. The minimum absolute atomic E-state index is 0. The third-order valence-corrected chi connectivity index (χ3v) is 4.51. The number of ether oxygens (including phenoxy) is 1. The maximum atomic E-state index is 12.6. The number of rotatable bonds is 9. The molecule has 0 bridgehead atoms. The second-order valence-corrected chi connectivity index (χ2v) is 6.10. The van der Waals surface area contributed by atoms with Crippen molar-refractivity contribution in [2.75, 3.05) is 33.4 Å². The Morgan fingerprint density at radius 1 is 1.35 bits per heavy atom. The fraction of sp³-hybridized carbons (Fsp3) is 0.611. The number of carbonyl (C=O) groups excluding carboxylic acids is 1. The molecule has 1 N–H and O–H groups in total. The molecule has 4 nitrogen and oxygen atoms in total. The highest BCUT2D eigenvalue weighted by molar-refractivity contribution is 5.85. The molecule has 23 heavy (non-hydrogen) atoms. The Balaban J connectivity index is 0.00000264. The molecule has 1 aromatic carbocycles. The van der Waals surface area contributed by atoms with Crippen LogP contribution in [0.15, 0.2) is 30.3 Å². The average molecular weight is 341 g/mol. The maximum Gasteiger partial charge on any atom is 0.237 e. The number of halogens is 1. The molecule has 1 aliphatic carbocycles. The molecule has 0 aliphatic heterocycles. The van der Waals surface area contributed by atoms with Gasteiger partial charge in [-0.25, -0.2) is 0 Å². The zero-order chi connectivity index (χ0) is 15.8. The Morgan fingerprint density at radius 3 is 2.61 bits per heavy atom. The Bertz CT molecular complexity index is 452. The van der Waals surface area contributed by atoms with Gasteiger partial charge in [0.2, 0.25) is 5.91 Å². The Labute approximate surface area is 146 Å². The van der Waals surface area contributed by atoms with Gasteiger partial charge >= 0.3 is 0 Å². The van der Waals surface area contributed by atoms with Crippen molar-refractivity contribution in [2.24, 2.45) is 5.92 Å². The number of hydrogen-bond acceptors (Lipinski definition) is 3. The van der Waals surface area contributed by atoms with E-state index in [0.717, 1.165) is 6.54 Å². The molecule has 2 rings (SSSR count). The number of methoxy groups -OCH3 is 1. The Hall–Kier alpha value is -1.10. The molecule has 1 aromatic rings. The molecule has 1 unspecified atom stereocenters. The molecule has 1 aliphatic rings. The van der Waals surface area contributed by atoms with Crippen molar-refractivity contribution in [3.05, 3.63) is 35.9 Å². The predicted octanol–water partition coefficient (Wildman–Crippen LogP) is 3.03. The lowest BCUT2D eigenvalue weighted by molar-refractivity contribution is -0.133. The van der Waals surface area contributed by atoms with Crippen LogP contribution in [0.1, 0.15) is 37.8 Å². The monoisotopic (exact) mass is 340 g/mol. The van der Waals surface area contributed by atoms with Crippen LogP contribution in [0.25, 0.3) is 0 Å². The van der Waals surface area contributed by atoms with Crippen molar-refractivity contribution < 1.29 is 9.53 Å². The maximum absolute atomic E-state index is 12.6. The van der Waals surface area contributed by atoms with Gasteiger partial charge in [-0.2, -0.15) is 0 Å². The fourth-order valence-electron chi connectivity index (χ4n) is 2.81. The SMILES string of the molecule is COCCNCC(=O)N(CC1CCC1)C(C)c1ccccc1.Cl. The van der Waals surface area contributed by atoms with Crippen molar-refractivity contribution >= 4 is 18.3 Å². The van der Waals surface area contributed by atoms with Crippen molar-refractivity contribution in [2.45, 2.75) is 32.2 Å². The van der Waals surface area contributed by atoms with Crippen molar-refractivity contribution in [1.82, 2.24) is 10.2 Å². The lowest BCUT2D eigenvalue weighted by atomic mass is 9.84. The molecule has 0 aromatic heterocycles. The lowest BCUT2D eigenvalue weighted by Gasteiger charge is -2.36. The molecular formula is C18H29ClN2O2. The molecule has 1 saturated carbocycles. The Morgan fingerprint density at radius 2 is 2.04 bits per heavy atom. The van der Waals surface area contributed by atoms with Crippen LogP contribution < -0.4 is 5.32 Å². The largest absolute Gasteiger partial charge is 0.383 e. The number of benzene rings is 1. The predicted molar refractivity (Wildman–Crippen MR) is 95.9 cm³/mol. The molecule has 1 amide bonds. The molecule has 0 heterocycles. The third kappa shape index (κ3) is 6.13. The minimum Gasteiger partial charge on any atom is -0.383 e. The number of hydrogen-bond donors (Lipinski definition) is 1. The van der Waals surface area contributed by atoms with Gasteiger partial charge < -0.3 is 15.0 Å². The number of carbonyl (C=O) groups is 1. The molecule has 1 fully saturated rings. The summed E-state index contributed by atoms with van der Waals surface area (Å²) in [6.45, 7) is 4.72. The van der Waals surface area contributed by atoms with E-state index in [1.807, 2.05) is 23.1 Å². The minimum atomic E-state index is 0. The van der Waals surface area contributed by atoms with Crippen molar-refractivity contribution in [3.63, 3.8) is 0 Å². The number of nitrogens with one attached hydrogen (secondary N) is 1. The van der Waals surface area contributed by atoms with E-state index in [-0.39, 0.29) is 24.4 Å². The van der Waals surface area contributed by atoms with Crippen LogP contribution in [0.4, 0.5) is 0 Å². The van der Waals surface area contributed by atoms with Gasteiger partial charge in [0, 0.05) is 20.2 Å². The zero-order valence-electron chi connectivity index (χ0n) is 14.2. The highest BCUT2D eigenvalue weighted by Crippen LogP contribution is 2.30. The molecule has 1 atom stereocenters. The molecule has 0 saturated heterocycles. The van der Waals surface area contributed by atoms with Gasteiger partial charge in [-0.1, -0.05) is 36.8 Å². The summed E-state index contributed by atoms with van der Waals surface area (Å²) in [7, 11) is 1.67. The van der Waals surface area contributed by atoms with Crippen LogP contribution in [0.5, 0.6) is 0 Å². The van der Waals surface area contributed by atoms with Gasteiger partial charge in [-0.05, 0) is 31.2 Å². The lowest BCUT2D eigenvalue weighted by Crippen LogP contribution is -2.43. The summed E-state index contributed by atoms with van der Waals surface area (Å²) in [5.41, 5.74) is 1.20. The van der Waals surface area contributed by atoms with Crippen molar-refractivity contribution in [3.8, 4) is 0 Å². The molecule has 130 valence electrons. The van der Waals surface area contributed by atoms with Crippen LogP contribution in [-0.4, -0.2) is 44.2 Å². The first-order valence-corrected chi connectivity index (χ1v) is 8.26. The van der Waals surface area contributed by atoms with Gasteiger partial charge in [-0.3, -0.25) is 4.79 Å².